The zero-order chi connectivity index (χ0) is 14.4. The van der Waals surface area contributed by atoms with Gasteiger partial charge in [0.15, 0.2) is 0 Å². The molecular formula is C15H25N3O2. The van der Waals surface area contributed by atoms with Gasteiger partial charge >= 0.3 is 0 Å². The maximum absolute atomic E-state index is 12.1. The second-order valence-corrected chi connectivity index (χ2v) is 5.48. The minimum atomic E-state index is 0.111. The molecule has 0 radical (unpaired) electrons. The fourth-order valence-corrected chi connectivity index (χ4v) is 2.68. The molecule has 0 N–H and O–H groups in total. The molecule has 1 amide bonds. The monoisotopic (exact) mass is 279 g/mol. The summed E-state index contributed by atoms with van der Waals surface area (Å²) in [6.07, 6.45) is 8.04. The number of piperidine rings is 1. The van der Waals surface area contributed by atoms with Gasteiger partial charge in [0.25, 0.3) is 0 Å². The Labute approximate surface area is 120 Å². The molecule has 2 rings (SSSR count). The van der Waals surface area contributed by atoms with E-state index in [0.29, 0.717) is 12.5 Å². The molecule has 1 atom stereocenters. The van der Waals surface area contributed by atoms with Crippen molar-refractivity contribution >= 4 is 5.91 Å². The van der Waals surface area contributed by atoms with Crippen molar-refractivity contribution in [2.75, 3.05) is 26.3 Å². The average molecular weight is 279 g/mol. The van der Waals surface area contributed by atoms with Gasteiger partial charge in [-0.25, -0.2) is 4.98 Å². The third kappa shape index (κ3) is 3.82. The number of carbonyl (C=O) groups is 1. The standard InChI is InChI=1S/C15H25N3O2/c1-3-4-10-20-12-14(19)18-8-5-6-13(11-18)15-16-7-9-17(15)2/h7,9,13H,3-6,8,10-12H2,1-2H3/t13-/m1/s1. The molecule has 1 aliphatic heterocycles. The Kier molecular flexibility index (Phi) is 5.59. The van der Waals surface area contributed by atoms with E-state index in [1.807, 2.05) is 24.3 Å². The molecule has 0 unspecified atom stereocenters. The fraction of sp³-hybridized carbons (Fsp3) is 0.733. The Morgan fingerprint density at radius 3 is 3.10 bits per heavy atom. The lowest BCUT2D eigenvalue weighted by molar-refractivity contribution is -0.137. The number of hydrogen-bond acceptors (Lipinski definition) is 3. The molecule has 5 nitrogen and oxygen atoms in total. The van der Waals surface area contributed by atoms with Gasteiger partial charge in [0.2, 0.25) is 5.91 Å². The van der Waals surface area contributed by atoms with Crippen LogP contribution in [0.25, 0.3) is 0 Å². The predicted molar refractivity (Wildman–Crippen MR) is 77.5 cm³/mol. The van der Waals surface area contributed by atoms with Crippen molar-refractivity contribution < 1.29 is 9.53 Å². The lowest BCUT2D eigenvalue weighted by atomic mass is 9.97. The fourth-order valence-electron chi connectivity index (χ4n) is 2.68. The Bertz CT molecular complexity index is 431. The molecule has 0 spiro atoms. The van der Waals surface area contributed by atoms with Gasteiger partial charge in [-0.15, -0.1) is 0 Å². The molecule has 1 aromatic heterocycles. The highest BCUT2D eigenvalue weighted by Gasteiger charge is 2.26. The van der Waals surface area contributed by atoms with Crippen molar-refractivity contribution in [1.29, 1.82) is 0 Å². The lowest BCUT2D eigenvalue weighted by Gasteiger charge is -2.32. The zero-order valence-corrected chi connectivity index (χ0v) is 12.5. The number of aryl methyl sites for hydroxylation is 1. The Hall–Kier alpha value is -1.36. The Morgan fingerprint density at radius 1 is 1.55 bits per heavy atom. The first-order valence-electron chi connectivity index (χ1n) is 7.55. The summed E-state index contributed by atoms with van der Waals surface area (Å²) in [4.78, 5) is 18.5. The summed E-state index contributed by atoms with van der Waals surface area (Å²) in [6.45, 7) is 4.62. The summed E-state index contributed by atoms with van der Waals surface area (Å²) in [5.74, 6) is 1.54. The number of imidazole rings is 1. The SMILES string of the molecule is CCCCOCC(=O)N1CCC[C@@H](c2nccn2C)C1. The summed E-state index contributed by atoms with van der Waals surface area (Å²) in [5, 5.41) is 0. The van der Waals surface area contributed by atoms with Crippen molar-refractivity contribution in [2.24, 2.45) is 7.05 Å². The van der Waals surface area contributed by atoms with Crippen molar-refractivity contribution in [3.8, 4) is 0 Å². The molecule has 0 saturated carbocycles. The Morgan fingerprint density at radius 2 is 2.40 bits per heavy atom. The van der Waals surface area contributed by atoms with E-state index in [2.05, 4.69) is 16.5 Å². The summed E-state index contributed by atoms with van der Waals surface area (Å²) in [6, 6.07) is 0. The third-order valence-electron chi connectivity index (χ3n) is 3.87. The zero-order valence-electron chi connectivity index (χ0n) is 12.5. The first-order chi connectivity index (χ1) is 9.72. The second kappa shape index (κ2) is 7.43. The maximum Gasteiger partial charge on any atom is 0.248 e. The van der Waals surface area contributed by atoms with Gasteiger partial charge in [0, 0.05) is 45.1 Å². The van der Waals surface area contributed by atoms with Crippen molar-refractivity contribution in [2.45, 2.75) is 38.5 Å². The number of carbonyl (C=O) groups excluding carboxylic acids is 1. The van der Waals surface area contributed by atoms with E-state index in [0.717, 1.165) is 44.6 Å². The lowest BCUT2D eigenvalue weighted by Crippen LogP contribution is -2.41. The van der Waals surface area contributed by atoms with Crippen molar-refractivity contribution in [3.63, 3.8) is 0 Å². The number of amides is 1. The molecule has 0 aliphatic carbocycles. The van der Waals surface area contributed by atoms with Gasteiger partial charge in [-0.3, -0.25) is 4.79 Å². The normalized spacial score (nSPS) is 19.3. The van der Waals surface area contributed by atoms with Crippen LogP contribution in [-0.4, -0.2) is 46.7 Å². The van der Waals surface area contributed by atoms with Crippen LogP contribution in [0.1, 0.15) is 44.3 Å². The van der Waals surface area contributed by atoms with E-state index in [1.165, 1.54) is 0 Å². The first-order valence-corrected chi connectivity index (χ1v) is 7.55. The molecule has 2 heterocycles. The van der Waals surface area contributed by atoms with Crippen molar-refractivity contribution in [3.05, 3.63) is 18.2 Å². The highest BCUT2D eigenvalue weighted by Crippen LogP contribution is 2.25. The number of ether oxygens (including phenoxy) is 1. The first kappa shape index (κ1) is 15.0. The molecular weight excluding hydrogens is 254 g/mol. The molecule has 0 bridgehead atoms. The number of unbranched alkanes of at least 4 members (excludes halogenated alkanes) is 1. The van der Waals surface area contributed by atoms with Gasteiger partial charge in [-0.05, 0) is 19.3 Å². The molecule has 0 aromatic carbocycles. The predicted octanol–water partition coefficient (Wildman–Crippen LogP) is 1.94. The molecule has 20 heavy (non-hydrogen) atoms. The summed E-state index contributed by atoms with van der Waals surface area (Å²) in [5.41, 5.74) is 0. The largest absolute Gasteiger partial charge is 0.372 e. The van der Waals surface area contributed by atoms with Gasteiger partial charge in [0.05, 0.1) is 0 Å². The summed E-state index contributed by atoms with van der Waals surface area (Å²) >= 11 is 0. The molecule has 1 saturated heterocycles. The molecule has 1 aliphatic rings. The van der Waals surface area contributed by atoms with Crippen LogP contribution in [0.2, 0.25) is 0 Å². The number of rotatable bonds is 6. The van der Waals surface area contributed by atoms with Crippen LogP contribution in [0.3, 0.4) is 0 Å². The third-order valence-corrected chi connectivity index (χ3v) is 3.87. The van der Waals surface area contributed by atoms with E-state index in [-0.39, 0.29) is 12.5 Å². The summed E-state index contributed by atoms with van der Waals surface area (Å²) in [7, 11) is 2.01. The average Bonchev–Trinajstić information content (AvgIpc) is 2.90. The van der Waals surface area contributed by atoms with E-state index in [4.69, 9.17) is 4.74 Å². The molecule has 1 fully saturated rings. The van der Waals surface area contributed by atoms with Gasteiger partial charge in [-0.2, -0.15) is 0 Å². The summed E-state index contributed by atoms with van der Waals surface area (Å²) < 4.78 is 7.48. The Balaban J connectivity index is 1.84. The number of likely N-dealkylation sites (tertiary alicyclic amines) is 1. The van der Waals surface area contributed by atoms with Crippen LogP contribution in [0.5, 0.6) is 0 Å². The second-order valence-electron chi connectivity index (χ2n) is 5.48. The van der Waals surface area contributed by atoms with Gasteiger partial charge < -0.3 is 14.2 Å². The molecule has 112 valence electrons. The molecule has 1 aromatic rings. The van der Waals surface area contributed by atoms with Crippen LogP contribution in [0.15, 0.2) is 12.4 Å². The van der Waals surface area contributed by atoms with Crippen LogP contribution in [0, 0.1) is 0 Å². The molecule has 5 heteroatoms. The van der Waals surface area contributed by atoms with Crippen LogP contribution in [0.4, 0.5) is 0 Å². The number of nitrogens with zero attached hydrogens (tertiary/aromatic N) is 3. The quantitative estimate of drug-likeness (QED) is 0.748. The smallest absolute Gasteiger partial charge is 0.248 e. The van der Waals surface area contributed by atoms with Crippen LogP contribution < -0.4 is 0 Å². The maximum atomic E-state index is 12.1. The highest BCUT2D eigenvalue weighted by molar-refractivity contribution is 5.77. The van der Waals surface area contributed by atoms with Gasteiger partial charge in [0.1, 0.15) is 12.4 Å². The topological polar surface area (TPSA) is 47.4 Å². The van der Waals surface area contributed by atoms with E-state index in [9.17, 15) is 4.79 Å². The number of aromatic nitrogens is 2. The number of hydrogen-bond donors (Lipinski definition) is 0. The minimum Gasteiger partial charge on any atom is -0.372 e. The minimum absolute atomic E-state index is 0.111. The van der Waals surface area contributed by atoms with Crippen LogP contribution >= 0.6 is 0 Å². The van der Waals surface area contributed by atoms with Crippen molar-refractivity contribution in [1.82, 2.24) is 14.5 Å². The van der Waals surface area contributed by atoms with E-state index < -0.39 is 0 Å². The van der Waals surface area contributed by atoms with Crippen LogP contribution in [-0.2, 0) is 16.6 Å². The highest BCUT2D eigenvalue weighted by atomic mass is 16.5. The van der Waals surface area contributed by atoms with Gasteiger partial charge in [-0.1, -0.05) is 13.3 Å². The van der Waals surface area contributed by atoms with E-state index >= 15 is 0 Å². The van der Waals surface area contributed by atoms with E-state index in [1.54, 1.807) is 0 Å².